The molecule has 2 aromatic carbocycles. The molecule has 14 heteroatoms. The van der Waals surface area contributed by atoms with Crippen LogP contribution in [0.2, 0.25) is 0 Å². The van der Waals surface area contributed by atoms with Crippen molar-refractivity contribution in [3.8, 4) is 11.6 Å². The van der Waals surface area contributed by atoms with Crippen molar-refractivity contribution in [2.24, 2.45) is 0 Å². The fourth-order valence-electron chi connectivity index (χ4n) is 4.78. The van der Waals surface area contributed by atoms with E-state index in [0.717, 1.165) is 27.9 Å². The van der Waals surface area contributed by atoms with E-state index >= 15 is 0 Å². The lowest BCUT2D eigenvalue weighted by atomic mass is 9.96. The van der Waals surface area contributed by atoms with Gasteiger partial charge in [-0.15, -0.1) is 5.10 Å². The molecular formula is C31H41N5O9. The van der Waals surface area contributed by atoms with E-state index < -0.39 is 43.4 Å². The number of hydrogen-bond acceptors (Lipinski definition) is 11. The monoisotopic (exact) mass is 627 g/mol. The second kappa shape index (κ2) is 15.7. The maximum Gasteiger partial charge on any atom is 0.414 e. The Morgan fingerprint density at radius 1 is 1.11 bits per heavy atom. The molecule has 0 saturated carbocycles. The smallest absolute Gasteiger partial charge is 0.414 e. The minimum Gasteiger partial charge on any atom is -0.492 e. The van der Waals surface area contributed by atoms with Gasteiger partial charge in [0.2, 0.25) is 12.2 Å². The van der Waals surface area contributed by atoms with Gasteiger partial charge in [-0.2, -0.15) is 0 Å². The van der Waals surface area contributed by atoms with Crippen LogP contribution in [0.4, 0.5) is 4.79 Å². The van der Waals surface area contributed by atoms with Crippen molar-refractivity contribution in [1.82, 2.24) is 20.8 Å². The molecule has 45 heavy (non-hydrogen) atoms. The summed E-state index contributed by atoms with van der Waals surface area (Å²) in [6, 6.07) is 14.9. The summed E-state index contributed by atoms with van der Waals surface area (Å²) in [7, 11) is 0. The number of rotatable bonds is 12. The van der Waals surface area contributed by atoms with E-state index in [-0.39, 0.29) is 37.5 Å². The largest absolute Gasteiger partial charge is 0.492 e. The highest BCUT2D eigenvalue weighted by atomic mass is 16.7. The minimum absolute atomic E-state index is 0.0639. The summed E-state index contributed by atoms with van der Waals surface area (Å²) < 4.78 is 22.3. The van der Waals surface area contributed by atoms with Crippen LogP contribution in [0.1, 0.15) is 47.7 Å². The van der Waals surface area contributed by atoms with Crippen LogP contribution < -0.4 is 20.1 Å². The number of alkyl carbamates (subject to hydrolysis) is 1. The van der Waals surface area contributed by atoms with Gasteiger partial charge in [0.1, 0.15) is 43.4 Å². The molecule has 2 heterocycles. The van der Waals surface area contributed by atoms with E-state index in [9.17, 15) is 25.2 Å². The number of nitrogens with one attached hydrogen (secondary N) is 4. The number of hydrogen-bond donors (Lipinski definition) is 8. The van der Waals surface area contributed by atoms with Crippen LogP contribution in [0.5, 0.6) is 11.6 Å². The summed E-state index contributed by atoms with van der Waals surface area (Å²) in [6.45, 7) is 5.97. The first kappa shape index (κ1) is 33.7. The standard InChI is InChI=1S/C31H41N5O9/c1-17(2)24-22(28(36-35-24)45-29-27(40)26(39)25(38)23(15-37)44-29)14-20-9-10-21(13-18(20)3)42-12-11-33-30(32)34-31(41)43-16-19-7-5-4-6-8-19/h4-10,13,17,23,25-27,29,37-40H,11-12,14-16H2,1-3H3,(H,35,36)(H3,32,33,34,41)/t23-,25-,26+,27-,29+/m1/s1. The number of aryl methyl sites for hydroxylation is 1. The zero-order chi connectivity index (χ0) is 32.5. The fraction of sp³-hybridized carbons (Fsp3) is 0.452. The maximum absolute atomic E-state index is 11.9. The lowest BCUT2D eigenvalue weighted by Gasteiger charge is -2.39. The van der Waals surface area contributed by atoms with Crippen LogP contribution in [-0.2, 0) is 22.5 Å². The van der Waals surface area contributed by atoms with E-state index in [1.807, 2.05) is 69.3 Å². The Kier molecular flexibility index (Phi) is 11.7. The molecule has 0 bridgehead atoms. The molecule has 3 aromatic rings. The molecule has 1 aliphatic heterocycles. The molecule has 4 rings (SSSR count). The molecule has 5 atom stereocenters. The molecule has 0 unspecified atom stereocenters. The van der Waals surface area contributed by atoms with Crippen molar-refractivity contribution in [3.05, 3.63) is 76.5 Å². The van der Waals surface area contributed by atoms with E-state index in [4.69, 9.17) is 24.4 Å². The molecule has 0 spiro atoms. The van der Waals surface area contributed by atoms with Crippen LogP contribution in [0.15, 0.2) is 48.5 Å². The van der Waals surface area contributed by atoms with Crippen LogP contribution in [0.25, 0.3) is 0 Å². The third-order valence-electron chi connectivity index (χ3n) is 7.31. The average molecular weight is 628 g/mol. The van der Waals surface area contributed by atoms with Gasteiger partial charge in [-0.25, -0.2) is 4.79 Å². The quantitative estimate of drug-likeness (QED) is 0.0818. The summed E-state index contributed by atoms with van der Waals surface area (Å²) in [6.07, 6.45) is -7.39. The number of amides is 1. The normalized spacial score (nSPS) is 21.3. The van der Waals surface area contributed by atoms with Gasteiger partial charge in [-0.3, -0.25) is 15.8 Å². The lowest BCUT2D eigenvalue weighted by molar-refractivity contribution is -0.278. The fourth-order valence-corrected chi connectivity index (χ4v) is 4.78. The van der Waals surface area contributed by atoms with E-state index in [2.05, 4.69) is 20.8 Å². The van der Waals surface area contributed by atoms with Crippen molar-refractivity contribution in [2.75, 3.05) is 19.8 Å². The van der Waals surface area contributed by atoms with Crippen LogP contribution >= 0.6 is 0 Å². The molecule has 8 N–H and O–H groups in total. The highest BCUT2D eigenvalue weighted by Crippen LogP contribution is 2.32. The Morgan fingerprint density at radius 3 is 2.56 bits per heavy atom. The van der Waals surface area contributed by atoms with Gasteiger partial charge in [-0.05, 0) is 41.7 Å². The van der Waals surface area contributed by atoms with Crippen molar-refractivity contribution < 1.29 is 44.2 Å². The van der Waals surface area contributed by atoms with Crippen LogP contribution in [0, 0.1) is 12.3 Å². The van der Waals surface area contributed by atoms with Gasteiger partial charge >= 0.3 is 6.09 Å². The number of aromatic nitrogens is 2. The first-order chi connectivity index (χ1) is 21.6. The van der Waals surface area contributed by atoms with Gasteiger partial charge < -0.3 is 44.7 Å². The van der Waals surface area contributed by atoms with Crippen molar-refractivity contribution in [1.29, 1.82) is 5.41 Å². The second-order valence-electron chi connectivity index (χ2n) is 11.0. The Labute approximate surface area is 260 Å². The molecule has 244 valence electrons. The maximum atomic E-state index is 11.9. The predicted molar refractivity (Wildman–Crippen MR) is 162 cm³/mol. The number of nitrogens with zero attached hydrogens (tertiary/aromatic N) is 1. The van der Waals surface area contributed by atoms with E-state index in [1.165, 1.54) is 0 Å². The number of aliphatic hydroxyl groups excluding tert-OH is 4. The van der Waals surface area contributed by atoms with Gasteiger partial charge in [0.25, 0.3) is 0 Å². The molecular weight excluding hydrogens is 586 g/mol. The number of H-pyrrole nitrogens is 1. The van der Waals surface area contributed by atoms with Crippen molar-refractivity contribution in [2.45, 2.75) is 70.4 Å². The molecule has 1 fully saturated rings. The zero-order valence-electron chi connectivity index (χ0n) is 25.4. The molecule has 1 saturated heterocycles. The number of carbonyl (C=O) groups excluding carboxylic acids is 1. The number of aliphatic hydroxyl groups is 4. The minimum atomic E-state index is -1.57. The molecule has 0 radical (unpaired) electrons. The first-order valence-corrected chi connectivity index (χ1v) is 14.6. The summed E-state index contributed by atoms with van der Waals surface area (Å²) in [4.78, 5) is 11.9. The number of aromatic amines is 1. The topological polar surface area (TPSA) is 211 Å². The Hall–Kier alpha value is -4.21. The summed E-state index contributed by atoms with van der Waals surface area (Å²) in [5.41, 5.74) is 4.29. The van der Waals surface area contributed by atoms with E-state index in [1.54, 1.807) is 0 Å². The second-order valence-corrected chi connectivity index (χ2v) is 11.0. The number of ether oxygens (including phenoxy) is 4. The first-order valence-electron chi connectivity index (χ1n) is 14.6. The molecule has 14 nitrogen and oxygen atoms in total. The SMILES string of the molecule is Cc1cc(OCCNC(=N)NC(=O)OCc2ccccc2)ccc1Cc1c(O[C@@H]2O[C@H](CO)[C@@H](O)[C@H](O)[C@H]2O)n[nH]c1C(C)C. The summed E-state index contributed by atoms with van der Waals surface area (Å²) >= 11 is 0. The average Bonchev–Trinajstić information content (AvgIpc) is 3.42. The summed E-state index contributed by atoms with van der Waals surface area (Å²) in [5.74, 6) is 0.655. The third kappa shape index (κ3) is 8.93. The van der Waals surface area contributed by atoms with Gasteiger partial charge in [-0.1, -0.05) is 50.2 Å². The lowest BCUT2D eigenvalue weighted by Crippen LogP contribution is -2.60. The highest BCUT2D eigenvalue weighted by molar-refractivity contribution is 5.91. The number of guanidine groups is 1. The molecule has 1 amide bonds. The Balaban J connectivity index is 1.30. The molecule has 0 aliphatic carbocycles. The summed E-state index contributed by atoms with van der Waals surface area (Å²) in [5, 5.41) is 60.4. The van der Waals surface area contributed by atoms with Crippen LogP contribution in [0.3, 0.4) is 0 Å². The Morgan fingerprint density at radius 2 is 1.87 bits per heavy atom. The van der Waals surface area contributed by atoms with Gasteiger partial charge in [0, 0.05) is 17.7 Å². The van der Waals surface area contributed by atoms with E-state index in [0.29, 0.717) is 12.2 Å². The number of benzene rings is 2. The molecule has 1 aromatic heterocycles. The van der Waals surface area contributed by atoms with Crippen LogP contribution in [-0.4, -0.2) is 93.1 Å². The van der Waals surface area contributed by atoms with Crippen molar-refractivity contribution in [3.63, 3.8) is 0 Å². The highest BCUT2D eigenvalue weighted by Gasteiger charge is 2.45. The third-order valence-corrected chi connectivity index (χ3v) is 7.31. The van der Waals surface area contributed by atoms with Crippen molar-refractivity contribution >= 4 is 12.1 Å². The predicted octanol–water partition coefficient (Wildman–Crippen LogP) is 1.44. The zero-order valence-corrected chi connectivity index (χ0v) is 25.4. The van der Waals surface area contributed by atoms with Gasteiger partial charge in [0.05, 0.1) is 13.2 Å². The molecule has 1 aliphatic rings. The Bertz CT molecular complexity index is 1420. The number of carbonyl (C=O) groups is 1. The van der Waals surface area contributed by atoms with Gasteiger partial charge in [0.15, 0.2) is 5.96 Å².